The summed E-state index contributed by atoms with van der Waals surface area (Å²) >= 11 is 0. The molecular weight excluding hydrogens is 180 g/mol. The van der Waals surface area contributed by atoms with Crippen molar-refractivity contribution in [3.05, 3.63) is 0 Å². The zero-order chi connectivity index (χ0) is 10.7. The molecule has 14 heavy (non-hydrogen) atoms. The van der Waals surface area contributed by atoms with Crippen LogP contribution in [0, 0.1) is 5.92 Å². The van der Waals surface area contributed by atoms with Crippen LogP contribution in [0.5, 0.6) is 0 Å². The van der Waals surface area contributed by atoms with Crippen molar-refractivity contribution in [2.45, 2.75) is 33.2 Å². The van der Waals surface area contributed by atoms with Crippen molar-refractivity contribution in [1.29, 1.82) is 0 Å². The highest BCUT2D eigenvalue weighted by atomic mass is 16.2. The first-order valence-electron chi connectivity index (χ1n) is 5.15. The average Bonchev–Trinajstić information content (AvgIpc) is 2.15. The van der Waals surface area contributed by atoms with Gasteiger partial charge in [0.15, 0.2) is 0 Å². The number of rotatable bonds is 2. The number of carbonyl (C=O) groups is 2. The van der Waals surface area contributed by atoms with E-state index < -0.39 is 0 Å². The van der Waals surface area contributed by atoms with Gasteiger partial charge in [0.25, 0.3) is 0 Å². The second kappa shape index (κ2) is 4.44. The van der Waals surface area contributed by atoms with E-state index in [0.29, 0.717) is 19.5 Å². The molecule has 1 aliphatic rings. The lowest BCUT2D eigenvalue weighted by molar-refractivity contribution is -0.144. The van der Waals surface area contributed by atoms with Gasteiger partial charge in [-0.3, -0.25) is 9.59 Å². The molecule has 0 bridgehead atoms. The molecule has 0 saturated carbocycles. The monoisotopic (exact) mass is 198 g/mol. The van der Waals surface area contributed by atoms with Crippen molar-refractivity contribution in [2.24, 2.45) is 5.92 Å². The summed E-state index contributed by atoms with van der Waals surface area (Å²) in [6.45, 7) is 6.97. The minimum atomic E-state index is -0.281. The lowest BCUT2D eigenvalue weighted by atomic mass is 9.99. The first-order valence-corrected chi connectivity index (χ1v) is 5.15. The Hall–Kier alpha value is -1.06. The maximum absolute atomic E-state index is 11.6. The zero-order valence-electron chi connectivity index (χ0n) is 9.04. The molecule has 1 fully saturated rings. The summed E-state index contributed by atoms with van der Waals surface area (Å²) in [6.07, 6.45) is 0.469. The molecule has 1 aliphatic heterocycles. The van der Waals surface area contributed by atoms with Gasteiger partial charge in [-0.25, -0.2) is 0 Å². The standard InChI is InChI=1S/C10H18N2O2/c1-4-8(13)12-6-5-11-10(14)9(12)7(2)3/h7,9H,4-6H2,1-3H3,(H,11,14). The molecule has 1 rings (SSSR count). The largest absolute Gasteiger partial charge is 0.353 e. The summed E-state index contributed by atoms with van der Waals surface area (Å²) in [7, 11) is 0. The van der Waals surface area contributed by atoms with Crippen molar-refractivity contribution in [1.82, 2.24) is 10.2 Å². The van der Waals surface area contributed by atoms with Gasteiger partial charge in [0.2, 0.25) is 11.8 Å². The highest BCUT2D eigenvalue weighted by Gasteiger charge is 2.34. The van der Waals surface area contributed by atoms with Gasteiger partial charge < -0.3 is 10.2 Å². The Morgan fingerprint density at radius 2 is 2.29 bits per heavy atom. The van der Waals surface area contributed by atoms with E-state index in [2.05, 4.69) is 5.32 Å². The van der Waals surface area contributed by atoms with Crippen LogP contribution in [0.25, 0.3) is 0 Å². The van der Waals surface area contributed by atoms with E-state index in [1.807, 2.05) is 20.8 Å². The third-order valence-electron chi connectivity index (χ3n) is 2.51. The van der Waals surface area contributed by atoms with Gasteiger partial charge in [-0.05, 0) is 5.92 Å². The third-order valence-corrected chi connectivity index (χ3v) is 2.51. The molecule has 1 atom stereocenters. The van der Waals surface area contributed by atoms with Crippen molar-refractivity contribution < 1.29 is 9.59 Å². The lowest BCUT2D eigenvalue weighted by Crippen LogP contribution is -2.59. The van der Waals surface area contributed by atoms with E-state index >= 15 is 0 Å². The van der Waals surface area contributed by atoms with Crippen molar-refractivity contribution in [3.63, 3.8) is 0 Å². The predicted molar refractivity (Wildman–Crippen MR) is 53.6 cm³/mol. The first-order chi connectivity index (χ1) is 6.57. The van der Waals surface area contributed by atoms with Crippen LogP contribution in [0.15, 0.2) is 0 Å². The molecule has 0 radical (unpaired) electrons. The number of amides is 2. The maximum atomic E-state index is 11.6. The van der Waals surface area contributed by atoms with Crippen molar-refractivity contribution in [3.8, 4) is 0 Å². The van der Waals surface area contributed by atoms with Crippen LogP contribution in [0.4, 0.5) is 0 Å². The summed E-state index contributed by atoms with van der Waals surface area (Å²) in [6, 6.07) is -0.281. The highest BCUT2D eigenvalue weighted by Crippen LogP contribution is 2.14. The SMILES string of the molecule is CCC(=O)N1CCNC(=O)C1C(C)C. The normalized spacial score (nSPS) is 22.4. The van der Waals surface area contributed by atoms with Crippen LogP contribution in [0.2, 0.25) is 0 Å². The van der Waals surface area contributed by atoms with Crippen LogP contribution in [0.1, 0.15) is 27.2 Å². The fourth-order valence-corrected chi connectivity index (χ4v) is 1.83. The topological polar surface area (TPSA) is 49.4 Å². The molecule has 0 aromatic rings. The highest BCUT2D eigenvalue weighted by molar-refractivity contribution is 5.88. The second-order valence-electron chi connectivity index (χ2n) is 3.92. The van der Waals surface area contributed by atoms with Crippen molar-refractivity contribution in [2.75, 3.05) is 13.1 Å². The smallest absolute Gasteiger partial charge is 0.243 e. The summed E-state index contributed by atoms with van der Waals surface area (Å²) in [5.41, 5.74) is 0. The van der Waals surface area contributed by atoms with Gasteiger partial charge in [0, 0.05) is 19.5 Å². The number of carbonyl (C=O) groups excluding carboxylic acids is 2. The Bertz CT molecular complexity index is 238. The summed E-state index contributed by atoms with van der Waals surface area (Å²) < 4.78 is 0. The third kappa shape index (κ3) is 2.05. The summed E-state index contributed by atoms with van der Waals surface area (Å²) in [5, 5.41) is 2.79. The Morgan fingerprint density at radius 3 is 2.79 bits per heavy atom. The quantitative estimate of drug-likeness (QED) is 0.697. The molecule has 1 saturated heterocycles. The fraction of sp³-hybridized carbons (Fsp3) is 0.800. The van der Waals surface area contributed by atoms with Crippen LogP contribution >= 0.6 is 0 Å². The molecule has 0 aliphatic carbocycles. The lowest BCUT2D eigenvalue weighted by Gasteiger charge is -2.37. The minimum Gasteiger partial charge on any atom is -0.353 e. The predicted octanol–water partition coefficient (Wildman–Crippen LogP) is 0.379. The Kier molecular flexibility index (Phi) is 3.49. The van der Waals surface area contributed by atoms with Crippen LogP contribution in [0.3, 0.4) is 0 Å². The number of nitrogens with one attached hydrogen (secondary N) is 1. The summed E-state index contributed by atoms with van der Waals surface area (Å²) in [4.78, 5) is 24.8. The van der Waals surface area contributed by atoms with E-state index in [9.17, 15) is 9.59 Å². The molecule has 80 valence electrons. The van der Waals surface area contributed by atoms with Crippen molar-refractivity contribution >= 4 is 11.8 Å². The van der Waals surface area contributed by atoms with Crippen LogP contribution < -0.4 is 5.32 Å². The molecule has 1 unspecified atom stereocenters. The van der Waals surface area contributed by atoms with E-state index in [1.54, 1.807) is 4.90 Å². The van der Waals surface area contributed by atoms with Crippen LogP contribution in [-0.2, 0) is 9.59 Å². The van der Waals surface area contributed by atoms with E-state index in [1.165, 1.54) is 0 Å². The maximum Gasteiger partial charge on any atom is 0.243 e. The summed E-state index contributed by atoms with van der Waals surface area (Å²) in [5.74, 6) is 0.220. The second-order valence-corrected chi connectivity index (χ2v) is 3.92. The first kappa shape index (κ1) is 11.0. The van der Waals surface area contributed by atoms with Gasteiger partial charge in [0.05, 0.1) is 0 Å². The molecule has 4 heteroatoms. The molecule has 0 spiro atoms. The minimum absolute atomic E-state index is 0.0203. The van der Waals surface area contributed by atoms with Gasteiger partial charge in [0.1, 0.15) is 6.04 Å². The molecule has 2 amide bonds. The number of piperazine rings is 1. The number of hydrogen-bond acceptors (Lipinski definition) is 2. The zero-order valence-corrected chi connectivity index (χ0v) is 9.04. The molecule has 1 heterocycles. The van der Waals surface area contributed by atoms with Gasteiger partial charge in [-0.2, -0.15) is 0 Å². The van der Waals surface area contributed by atoms with E-state index in [4.69, 9.17) is 0 Å². The number of hydrogen-bond donors (Lipinski definition) is 1. The van der Waals surface area contributed by atoms with Gasteiger partial charge >= 0.3 is 0 Å². The Morgan fingerprint density at radius 1 is 1.64 bits per heavy atom. The molecule has 0 aromatic carbocycles. The molecule has 0 aromatic heterocycles. The molecular formula is C10H18N2O2. The average molecular weight is 198 g/mol. The Labute approximate surface area is 84.7 Å². The molecule has 1 N–H and O–H groups in total. The van der Waals surface area contributed by atoms with E-state index in [-0.39, 0.29) is 23.8 Å². The van der Waals surface area contributed by atoms with E-state index in [0.717, 1.165) is 0 Å². The fourth-order valence-electron chi connectivity index (χ4n) is 1.83. The molecule has 4 nitrogen and oxygen atoms in total. The van der Waals surface area contributed by atoms with Gasteiger partial charge in [-0.1, -0.05) is 20.8 Å². The van der Waals surface area contributed by atoms with Gasteiger partial charge in [-0.15, -0.1) is 0 Å². The number of nitrogens with zero attached hydrogens (tertiary/aromatic N) is 1. The Balaban J connectivity index is 2.79. The van der Waals surface area contributed by atoms with Crippen LogP contribution in [-0.4, -0.2) is 35.8 Å².